The van der Waals surface area contributed by atoms with Crippen LogP contribution in [-0.4, -0.2) is 10.9 Å². The van der Waals surface area contributed by atoms with Crippen LogP contribution in [0.4, 0.5) is 5.69 Å². The van der Waals surface area contributed by atoms with Gasteiger partial charge < -0.3 is 9.88 Å². The van der Waals surface area contributed by atoms with Crippen molar-refractivity contribution in [3.05, 3.63) is 87.1 Å². The molecule has 0 saturated heterocycles. The molecule has 0 fully saturated rings. The average Bonchev–Trinajstić information content (AvgIpc) is 3.06. The molecular weight excluding hydrogens is 388 g/mol. The minimum absolute atomic E-state index is 0.0397. The maximum atomic E-state index is 13.2. The van der Waals surface area contributed by atoms with Gasteiger partial charge in [0.2, 0.25) is 0 Å². The second-order valence-corrected chi connectivity index (χ2v) is 7.56. The van der Waals surface area contributed by atoms with Crippen molar-refractivity contribution in [3.63, 3.8) is 0 Å². The first-order chi connectivity index (χ1) is 12.5. The molecule has 2 heterocycles. The van der Waals surface area contributed by atoms with Crippen molar-refractivity contribution in [2.24, 2.45) is 0 Å². The van der Waals surface area contributed by atoms with Crippen LogP contribution in [0.2, 0.25) is 0 Å². The molecule has 130 valence electrons. The fraction of sp³-hybridized carbons (Fsp3) is 0.136. The van der Waals surface area contributed by atoms with Gasteiger partial charge in [-0.1, -0.05) is 46.3 Å². The number of carbonyl (C=O) groups is 1. The third-order valence-electron chi connectivity index (χ3n) is 4.67. The summed E-state index contributed by atoms with van der Waals surface area (Å²) in [5.74, 6) is 0.0397. The number of fused-ring (bicyclic) bond motifs is 1. The number of rotatable bonds is 3. The van der Waals surface area contributed by atoms with E-state index in [1.165, 1.54) is 0 Å². The predicted molar refractivity (Wildman–Crippen MR) is 110 cm³/mol. The average molecular weight is 407 g/mol. The number of aryl methyl sites for hydroxylation is 2. The number of benzene rings is 2. The maximum Gasteiger partial charge on any atom is 0.259 e. The Labute approximate surface area is 161 Å². The van der Waals surface area contributed by atoms with Crippen molar-refractivity contribution in [1.29, 1.82) is 0 Å². The summed E-state index contributed by atoms with van der Waals surface area (Å²) < 4.78 is 1.02. The Hall–Kier alpha value is -2.59. The number of nitrogens with one attached hydrogen (secondary N) is 1. The van der Waals surface area contributed by atoms with Crippen molar-refractivity contribution in [1.82, 2.24) is 4.98 Å². The number of anilines is 1. The Balaban J connectivity index is 1.76. The van der Waals surface area contributed by atoms with E-state index >= 15 is 0 Å². The van der Waals surface area contributed by atoms with Gasteiger partial charge in [-0.25, -0.2) is 0 Å². The largest absolute Gasteiger partial charge is 0.359 e. The van der Waals surface area contributed by atoms with Crippen LogP contribution >= 0.6 is 15.9 Å². The Morgan fingerprint density at radius 2 is 1.88 bits per heavy atom. The van der Waals surface area contributed by atoms with E-state index in [4.69, 9.17) is 0 Å². The minimum Gasteiger partial charge on any atom is -0.359 e. The molecule has 0 bridgehead atoms. The van der Waals surface area contributed by atoms with E-state index < -0.39 is 0 Å². The van der Waals surface area contributed by atoms with Crippen LogP contribution < -0.4 is 4.90 Å². The molecular formula is C22H19BrN2O. The highest BCUT2D eigenvalue weighted by Gasteiger charge is 2.32. The monoisotopic (exact) mass is 406 g/mol. The van der Waals surface area contributed by atoms with Gasteiger partial charge in [-0.05, 0) is 55.3 Å². The fourth-order valence-electron chi connectivity index (χ4n) is 3.46. The topological polar surface area (TPSA) is 36.1 Å². The Morgan fingerprint density at radius 3 is 2.62 bits per heavy atom. The fourth-order valence-corrected chi connectivity index (χ4v) is 3.91. The molecule has 3 nitrogen and oxygen atoms in total. The van der Waals surface area contributed by atoms with E-state index in [0.717, 1.165) is 43.8 Å². The molecule has 1 aliphatic rings. The standard InChI is InChI=1S/C22H19BrN2O/c1-14-10-15(2)24-20(14)12-19-18-8-3-4-9-21(18)25(22(19)26)13-16-6-5-7-17(23)11-16/h3-12,24H,13H2,1-2H3/b19-12-. The van der Waals surface area contributed by atoms with Gasteiger partial charge in [-0.2, -0.15) is 0 Å². The second-order valence-electron chi connectivity index (χ2n) is 6.65. The molecule has 26 heavy (non-hydrogen) atoms. The van der Waals surface area contributed by atoms with Gasteiger partial charge in [0.1, 0.15) is 0 Å². The SMILES string of the molecule is Cc1cc(C)c(/C=C2\C(=O)N(Cc3cccc(Br)c3)c3ccccc32)[nH]1. The van der Waals surface area contributed by atoms with Crippen molar-refractivity contribution in [2.45, 2.75) is 20.4 Å². The minimum atomic E-state index is 0.0397. The summed E-state index contributed by atoms with van der Waals surface area (Å²) in [6.07, 6.45) is 1.98. The van der Waals surface area contributed by atoms with Crippen molar-refractivity contribution >= 4 is 39.2 Å². The Kier molecular flexibility index (Phi) is 4.29. The summed E-state index contributed by atoms with van der Waals surface area (Å²) in [4.78, 5) is 18.4. The van der Waals surface area contributed by atoms with Crippen LogP contribution in [0.5, 0.6) is 0 Å². The highest BCUT2D eigenvalue weighted by atomic mass is 79.9. The summed E-state index contributed by atoms with van der Waals surface area (Å²) in [7, 11) is 0. The van der Waals surface area contributed by atoms with Crippen LogP contribution in [0.1, 0.15) is 28.1 Å². The smallest absolute Gasteiger partial charge is 0.259 e. The second kappa shape index (κ2) is 6.61. The van der Waals surface area contributed by atoms with Crippen LogP contribution in [-0.2, 0) is 11.3 Å². The molecule has 0 unspecified atom stereocenters. The number of H-pyrrole nitrogens is 1. The first-order valence-corrected chi connectivity index (χ1v) is 9.36. The van der Waals surface area contributed by atoms with Crippen molar-refractivity contribution in [2.75, 3.05) is 4.90 Å². The third kappa shape index (κ3) is 3.01. The molecule has 0 aliphatic carbocycles. The zero-order valence-electron chi connectivity index (χ0n) is 14.7. The van der Waals surface area contributed by atoms with E-state index in [1.807, 2.05) is 60.4 Å². The number of nitrogens with zero attached hydrogens (tertiary/aromatic N) is 1. The maximum absolute atomic E-state index is 13.2. The number of hydrogen-bond donors (Lipinski definition) is 1. The normalized spacial score (nSPS) is 15.0. The summed E-state index contributed by atoms with van der Waals surface area (Å²) in [6.45, 7) is 4.63. The van der Waals surface area contributed by atoms with Gasteiger partial charge in [0, 0.05) is 21.4 Å². The highest BCUT2D eigenvalue weighted by molar-refractivity contribution is 9.10. The zero-order chi connectivity index (χ0) is 18.3. The number of hydrogen-bond acceptors (Lipinski definition) is 1. The van der Waals surface area contributed by atoms with Gasteiger partial charge in [0.05, 0.1) is 17.8 Å². The first-order valence-electron chi connectivity index (χ1n) is 8.56. The molecule has 1 aliphatic heterocycles. The molecule has 1 amide bonds. The van der Waals surface area contributed by atoms with Crippen molar-refractivity contribution in [3.8, 4) is 0 Å². The number of amides is 1. The van der Waals surface area contributed by atoms with Gasteiger partial charge in [-0.15, -0.1) is 0 Å². The van der Waals surface area contributed by atoms with Crippen LogP contribution in [0.3, 0.4) is 0 Å². The number of halogens is 1. The lowest BCUT2D eigenvalue weighted by molar-refractivity contribution is -0.113. The first kappa shape index (κ1) is 16.9. The molecule has 2 aromatic carbocycles. The number of aromatic amines is 1. The van der Waals surface area contributed by atoms with Gasteiger partial charge in [0.15, 0.2) is 0 Å². The van der Waals surface area contributed by atoms with Crippen molar-refractivity contribution < 1.29 is 4.79 Å². The van der Waals surface area contributed by atoms with Gasteiger partial charge >= 0.3 is 0 Å². The van der Waals surface area contributed by atoms with E-state index in [0.29, 0.717) is 6.54 Å². The van der Waals surface area contributed by atoms with E-state index in [1.54, 1.807) is 0 Å². The van der Waals surface area contributed by atoms with Crippen LogP contribution in [0.15, 0.2) is 59.1 Å². The molecule has 3 aromatic rings. The molecule has 1 aromatic heterocycles. The Morgan fingerprint density at radius 1 is 1.08 bits per heavy atom. The summed E-state index contributed by atoms with van der Waals surface area (Å²) in [6, 6.07) is 18.2. The Bertz CT molecular complexity index is 1030. The van der Waals surface area contributed by atoms with Crippen LogP contribution in [0.25, 0.3) is 11.6 Å². The molecule has 1 N–H and O–H groups in total. The molecule has 4 rings (SSSR count). The predicted octanol–water partition coefficient (Wildman–Crippen LogP) is 5.48. The summed E-state index contributed by atoms with van der Waals surface area (Å²) in [5.41, 5.74) is 7.01. The lowest BCUT2D eigenvalue weighted by atomic mass is 10.1. The molecule has 0 radical (unpaired) electrons. The number of para-hydroxylation sites is 1. The van der Waals surface area contributed by atoms with Gasteiger partial charge in [0.25, 0.3) is 5.91 Å². The van der Waals surface area contributed by atoms with Crippen LogP contribution in [0, 0.1) is 13.8 Å². The molecule has 0 atom stereocenters. The molecule has 0 saturated carbocycles. The quantitative estimate of drug-likeness (QED) is 0.574. The number of carbonyl (C=O) groups excluding carboxylic acids is 1. The summed E-state index contributed by atoms with van der Waals surface area (Å²) >= 11 is 3.51. The molecule has 0 spiro atoms. The highest BCUT2D eigenvalue weighted by Crippen LogP contribution is 2.38. The zero-order valence-corrected chi connectivity index (χ0v) is 16.3. The lowest BCUT2D eigenvalue weighted by Gasteiger charge is -2.17. The third-order valence-corrected chi connectivity index (χ3v) is 5.16. The van der Waals surface area contributed by atoms with Gasteiger partial charge in [-0.3, -0.25) is 4.79 Å². The number of aromatic nitrogens is 1. The molecule has 4 heteroatoms. The van der Waals surface area contributed by atoms with E-state index in [-0.39, 0.29) is 5.91 Å². The van der Waals surface area contributed by atoms with E-state index in [9.17, 15) is 4.79 Å². The summed E-state index contributed by atoms with van der Waals surface area (Å²) in [5, 5.41) is 0. The lowest BCUT2D eigenvalue weighted by Crippen LogP contribution is -2.25. The van der Waals surface area contributed by atoms with E-state index in [2.05, 4.69) is 40.0 Å².